The van der Waals surface area contributed by atoms with E-state index in [9.17, 15) is 69.6 Å². The molecule has 655 valence electrons. The number of aromatic hydroxyl groups is 2. The van der Waals surface area contributed by atoms with Crippen LogP contribution in [0, 0.1) is 27.2 Å². The Labute approximate surface area is 831 Å². The van der Waals surface area contributed by atoms with Gasteiger partial charge >= 0.3 is 7.12 Å². The van der Waals surface area contributed by atoms with E-state index in [4.69, 9.17) is 139 Å². The highest BCUT2D eigenvalue weighted by atomic mass is 127. The molecule has 6 aliphatic rings. The molecule has 0 spiro atoms. The van der Waals surface area contributed by atoms with E-state index in [0.29, 0.717) is 45.8 Å². The number of primary amides is 2. The number of methoxy groups -OCH3 is 2. The van der Waals surface area contributed by atoms with Crippen LogP contribution in [-0.2, 0) is 65.5 Å². The first kappa shape index (κ1) is 119. The van der Waals surface area contributed by atoms with E-state index in [1.807, 2.05) is 116 Å². The van der Waals surface area contributed by atoms with Crippen molar-refractivity contribution >= 4 is 261 Å². The van der Waals surface area contributed by atoms with Gasteiger partial charge in [0.15, 0.2) is 22.8 Å². The van der Waals surface area contributed by atoms with Crippen LogP contribution in [0.1, 0.15) is 106 Å². The van der Waals surface area contributed by atoms with Gasteiger partial charge in [0.1, 0.15) is 57.2 Å². The number of carbonyl (C=O) groups excluding carboxylic acids is 6. The number of carbonyl (C=O) groups is 6. The van der Waals surface area contributed by atoms with Gasteiger partial charge in [-0.25, -0.2) is 0 Å². The van der Waals surface area contributed by atoms with Gasteiger partial charge in [0.25, 0.3) is 11.8 Å². The van der Waals surface area contributed by atoms with Crippen LogP contribution in [0.4, 0.5) is 0 Å². The van der Waals surface area contributed by atoms with Gasteiger partial charge in [-0.05, 0) is 273 Å². The summed E-state index contributed by atoms with van der Waals surface area (Å²) >= 11 is 2.14. The predicted molar refractivity (Wildman–Crippen MR) is 569 cm³/mol. The zero-order chi connectivity index (χ0) is 102. The number of ether oxygens (including phenoxy) is 2. The lowest BCUT2D eigenvalue weighted by Gasteiger charge is -2.50. The number of Topliss-reactive ketones (excluding diaryl/α,β-unsaturated/α-hetero) is 4. The summed E-state index contributed by atoms with van der Waals surface area (Å²) in [5.74, 6) is -11.9. The minimum atomic E-state index is -2.70. The standard InChI is InChI=1S/C35H43N3O8.C25H29IN2O7.C13H4.C10H16BNO3.CH4.B13.B12/c1-34(2,3)23-14-20(17-9-16(15-37(4)5)10-19(11-17)46-8)21-12-18-13-22-27(38(6)7)30(41)26(33(36)44)32(43)35(22,45)31(42)24(18)29(40)25(21)28(23)39;1-24(2,3)12-8-13(26)10-6-9-7-11-17(28(4)5)20(31)16(23(27)34)22(33)25(11,35)21(32)14(9)19(30)15(10)18(12)29;1-3-5-7-9-11-13-12-10-8-6-4-2;1-12(2)7-8-4-9(11(13)14)6-10(5-8)15-3;;1-8-12(9(2)3)13(10(4)5)11(6)7;1-8(2)11(7)12(9(3)4)10(5)6/h9-11,14,18,22,27,39-40,43,45H,12-13,15H2,1-8H3,(H2,36,44);8-9,11,17,29-30,33,35H,6-7H2,1-5H3,(H2,27,34);1-2H2;4-6,13-14H,7H2,1-3H3;1H4;;/t18-,22-,27-,35-;9-,11-,17-,25-;;;;;/m00...../s1. The Balaban J connectivity index is 0.000000373. The van der Waals surface area contributed by atoms with E-state index in [-0.39, 0.29) is 73.3 Å². The number of nitrogens with two attached hydrogens (primary N) is 2. The monoisotopic (exact) mass is 1890 g/mol. The Morgan fingerprint density at radius 1 is 0.526 bits per heavy atom. The van der Waals surface area contributed by atoms with Gasteiger partial charge in [-0.1, -0.05) is 66.5 Å². The second-order valence-electron chi connectivity index (χ2n) is 36.2. The minimum absolute atomic E-state index is 0. The number of phenolic OH excluding ortho intramolecular Hbond substituents is 2. The molecule has 0 aromatic heterocycles. The first-order valence-corrected chi connectivity index (χ1v) is 43.1. The molecule has 6 aliphatic carbocycles. The van der Waals surface area contributed by atoms with Crippen LogP contribution in [-0.4, -0.2) is 386 Å². The predicted octanol–water partition coefficient (Wildman–Crippen LogP) is -2.07. The number of hydrogen-bond donors (Lipinski definition) is 12. The number of amides is 2. The summed E-state index contributed by atoms with van der Waals surface area (Å²) in [6, 6.07) is 12.6. The molecule has 2 fully saturated rings. The third kappa shape index (κ3) is 27.5. The molecule has 135 heavy (non-hydrogen) atoms. The number of ketones is 4. The van der Waals surface area contributed by atoms with Crippen molar-refractivity contribution in [2.24, 2.45) is 35.1 Å². The maximum absolute atomic E-state index is 14.3. The molecule has 10 rings (SSSR count). The van der Waals surface area contributed by atoms with Crippen LogP contribution in [0.3, 0.4) is 0 Å². The number of nitrogens with zero attached hydrogens (tertiary/aromatic N) is 4. The van der Waals surface area contributed by atoms with Crippen molar-refractivity contribution in [1.29, 1.82) is 0 Å². The molecule has 8 atom stereocenters. The van der Waals surface area contributed by atoms with Crippen LogP contribution in [0.25, 0.3) is 22.6 Å². The molecular weight excluding hydrogens is 1790 g/mol. The average molecular weight is 1890 g/mol. The number of aliphatic hydroxyl groups is 6. The highest BCUT2D eigenvalue weighted by Gasteiger charge is 2.66. The van der Waals surface area contributed by atoms with E-state index in [2.05, 4.69) is 98.8 Å². The van der Waals surface area contributed by atoms with Crippen molar-refractivity contribution < 1.29 is 89.1 Å². The third-order valence-electron chi connectivity index (χ3n) is 23.5. The molecule has 24 nitrogen and oxygen atoms in total. The highest BCUT2D eigenvalue weighted by molar-refractivity contribution is 14.1. The van der Waals surface area contributed by atoms with E-state index >= 15 is 0 Å². The summed E-state index contributed by atoms with van der Waals surface area (Å²) in [4.78, 5) is 86.0. The lowest BCUT2D eigenvalue weighted by atomic mass is 8.50. The average Bonchev–Trinajstić information content (AvgIpc) is 0.699. The molecule has 4 aromatic rings. The van der Waals surface area contributed by atoms with Crippen molar-refractivity contribution in [1.82, 2.24) is 19.6 Å². The lowest BCUT2D eigenvalue weighted by Crippen LogP contribution is -2.69. The number of fused-ring (bicyclic) bond motifs is 6. The summed E-state index contributed by atoms with van der Waals surface area (Å²) in [6.45, 7) is 19.4. The van der Waals surface area contributed by atoms with Gasteiger partial charge in [-0.15, -0.1) is 0 Å². The van der Waals surface area contributed by atoms with Gasteiger partial charge in [0, 0.05) is 230 Å². The SMILES string of the molecule is C.C=C=C=C=C=C=C=C=C=C=C=C=C.CN(C)[C@@H]1C(=O)C(C(N)=O)=C(O)[C@@]2(O)C(=O)C3=C(O)c4c(O)c(C(C)(C)C)cc(I)c4C[C@H]3C[C@@H]12.COc1cc(CN(C)C)cc(-c2cc(C(C)(C)C)c(O)c3c2C[C@H]2C[C@H]4[C@H](N(C)C)C(=O)C(C(N)=O)=C(O)[C@@]4(O)C(=O)C2=C3O)c1.COc1cc(CN(C)C)cc(B(O)O)c1.[B]B([B])B([B])B(B([B])[B])B([B])[B].[B][B]B(B([B])[B])B(B([B])[B])B([B])[B]. The van der Waals surface area contributed by atoms with Crippen LogP contribution in [0.5, 0.6) is 23.0 Å². The van der Waals surface area contributed by atoms with E-state index in [0.717, 1.165) is 32.4 Å². The number of rotatable bonds is 21. The molecule has 2 saturated carbocycles. The largest absolute Gasteiger partial charge is 0.508 e. The van der Waals surface area contributed by atoms with Crippen molar-refractivity contribution in [3.05, 3.63) is 207 Å². The smallest absolute Gasteiger partial charge is 0.488 e. The molecule has 0 bridgehead atoms. The summed E-state index contributed by atoms with van der Waals surface area (Å²) in [7, 11) is 93.2. The highest BCUT2D eigenvalue weighted by Crippen LogP contribution is 2.57. The number of benzene rings is 4. The van der Waals surface area contributed by atoms with E-state index in [1.165, 1.54) is 16.9 Å². The Bertz CT molecular complexity index is 5650. The minimum Gasteiger partial charge on any atom is -0.508 e. The van der Waals surface area contributed by atoms with Crippen LogP contribution >= 0.6 is 22.6 Å². The van der Waals surface area contributed by atoms with Gasteiger partial charge in [0.05, 0.1) is 37.4 Å². The maximum atomic E-state index is 14.3. The fraction of sp³-hybridized carbons (Fsp3) is 0.393. The first-order valence-electron chi connectivity index (χ1n) is 42.0. The third-order valence-corrected chi connectivity index (χ3v) is 24.5. The van der Waals surface area contributed by atoms with Gasteiger partial charge < -0.3 is 81.6 Å². The Morgan fingerprint density at radius 3 is 1.19 bits per heavy atom. The summed E-state index contributed by atoms with van der Waals surface area (Å²) < 4.78 is 11.5. The number of phenols is 2. The normalized spacial score (nSPS) is 19.0. The molecule has 4 aromatic carbocycles. The van der Waals surface area contributed by atoms with Gasteiger partial charge in [-0.2, -0.15) is 0 Å². The topological polar surface area (TPSA) is 388 Å². The van der Waals surface area contributed by atoms with Crippen LogP contribution in [0.2, 0.25) is 0 Å². The number of likely N-dealkylation sites (N-methyl/N-ethyl adjacent to an activating group) is 2. The van der Waals surface area contributed by atoms with Crippen molar-refractivity contribution in [3.63, 3.8) is 0 Å². The number of halogens is 1. The van der Waals surface area contributed by atoms with E-state index in [1.54, 1.807) is 54.5 Å². The molecule has 14 N–H and O–H groups in total. The van der Waals surface area contributed by atoms with Crippen molar-refractivity contribution in [2.45, 2.75) is 122 Å². The fourth-order valence-corrected chi connectivity index (χ4v) is 18.2. The van der Waals surface area contributed by atoms with Gasteiger partial charge in [-0.3, -0.25) is 38.6 Å². The second kappa shape index (κ2) is 50.2. The first-order chi connectivity index (χ1) is 62.1. The van der Waals surface area contributed by atoms with E-state index < -0.39 is 192 Å². The Kier molecular flexibility index (Phi) is 44.1. The molecule has 0 unspecified atom stereocenters. The quantitative estimate of drug-likeness (QED) is 0.0184. The molecular formula is C84H96B26IN6O18. The molecule has 51 heteroatoms. The van der Waals surface area contributed by atoms with Crippen molar-refractivity contribution in [3.8, 4) is 34.1 Å². The number of aliphatic hydroxyl groups excluding tert-OH is 4. The fourth-order valence-electron chi connectivity index (χ4n) is 17.4. The Hall–Kier alpha value is -8.72. The zero-order valence-electron chi connectivity index (χ0n) is 78.3. The summed E-state index contributed by atoms with van der Waals surface area (Å²) in [5, 5.41) is 110. The number of hydrogen-bond acceptors (Lipinski definition) is 22. The molecule has 0 aliphatic heterocycles. The maximum Gasteiger partial charge on any atom is 0.488 e. The summed E-state index contributed by atoms with van der Waals surface area (Å²) in [5.41, 5.74) is 35.9. The summed E-state index contributed by atoms with van der Waals surface area (Å²) in [6.07, 6.45) is -5.55. The molecule has 29 radical (unpaired) electrons. The molecule has 0 heterocycles. The molecule has 0 saturated heterocycles. The van der Waals surface area contributed by atoms with Crippen LogP contribution in [0.15, 0.2) is 159 Å². The van der Waals surface area contributed by atoms with Gasteiger partial charge in [0.2, 0.25) is 11.6 Å². The molecule has 2 amide bonds. The Morgan fingerprint density at radius 2 is 0.881 bits per heavy atom. The zero-order valence-corrected chi connectivity index (χ0v) is 80.5. The lowest BCUT2D eigenvalue weighted by molar-refractivity contribution is -0.155. The van der Waals surface area contributed by atoms with Crippen LogP contribution < -0.4 is 26.4 Å². The second-order valence-corrected chi connectivity index (χ2v) is 37.3. The van der Waals surface area contributed by atoms with Crippen molar-refractivity contribution in [2.75, 3.05) is 70.6 Å².